The van der Waals surface area contributed by atoms with Crippen molar-refractivity contribution in [3.63, 3.8) is 0 Å². The number of esters is 1. The summed E-state index contributed by atoms with van der Waals surface area (Å²) in [7, 11) is 0. The second-order valence-electron chi connectivity index (χ2n) is 7.62. The van der Waals surface area contributed by atoms with E-state index in [1.54, 1.807) is 0 Å². The largest absolute Gasteiger partial charge is 0.546 e. The number of ether oxygens (including phenoxy) is 1. The van der Waals surface area contributed by atoms with Crippen molar-refractivity contribution in [3.8, 4) is 34.5 Å². The molecule has 0 bridgehead atoms. The van der Waals surface area contributed by atoms with Gasteiger partial charge < -0.3 is 51.4 Å². The number of carboxylic acid groups (broad SMARTS) is 1. The normalized spacial score (nSPS) is 11.8. The summed E-state index contributed by atoms with van der Waals surface area (Å²) in [5, 5.41) is 69.5. The van der Waals surface area contributed by atoms with Crippen LogP contribution in [0.3, 0.4) is 0 Å². The van der Waals surface area contributed by atoms with Gasteiger partial charge in [-0.15, -0.1) is 0 Å². The molecule has 3 aromatic rings. The van der Waals surface area contributed by atoms with Gasteiger partial charge in [0.2, 0.25) is 0 Å². The number of hydrogen-bond acceptors (Lipinski definition) is 10. The number of carbonyl (C=O) groups excluding carboxylic acids is 2. The van der Waals surface area contributed by atoms with Crippen molar-refractivity contribution in [1.82, 2.24) is 6.15 Å². The summed E-state index contributed by atoms with van der Waals surface area (Å²) in [4.78, 5) is 23.7. The molecule has 0 radical (unpaired) electrons. The molecule has 194 valence electrons. The topological polar surface area (TPSA) is 224 Å². The summed E-state index contributed by atoms with van der Waals surface area (Å²) in [5.41, 5.74) is 1.09. The number of aliphatic carboxylic acids is 1. The summed E-state index contributed by atoms with van der Waals surface area (Å²) in [6, 6.07) is 10.2. The zero-order valence-corrected chi connectivity index (χ0v) is 19.5. The maximum Gasteiger partial charge on any atom is 0.331 e. The molecule has 3 aromatic carbocycles. The molecule has 0 unspecified atom stereocenters. The number of hydrogen-bond donors (Lipinski definition) is 7. The molecule has 10 N–H and O–H groups in total. The SMILES string of the molecule is O=C(/C=C\c1ccc(O)c(O)c1/C=C/c1ccc(O)c(O)c1)O[C@H](Cc1ccc(O)c(O)c1)C(=O)[O-].[NH4+]. The van der Waals surface area contributed by atoms with Crippen LogP contribution in [0, 0.1) is 0 Å². The number of phenolic OH excluding ortho intramolecular Hbond substituents is 6. The summed E-state index contributed by atoms with van der Waals surface area (Å²) >= 11 is 0. The second-order valence-corrected chi connectivity index (χ2v) is 7.62. The van der Waals surface area contributed by atoms with Gasteiger partial charge >= 0.3 is 5.97 Å². The van der Waals surface area contributed by atoms with E-state index in [4.69, 9.17) is 4.74 Å². The first-order valence-corrected chi connectivity index (χ1v) is 10.4. The standard InChI is InChI=1S/C26H22O10.H3N/c27-18-7-2-14(11-21(18)30)1-6-17-16(4-9-20(29)25(17)33)5-10-24(32)36-23(26(34)35)13-15-3-8-19(28)22(31)12-15;/h1-12,23,27-31,33H,13H2,(H,34,35);1H3/b6-1+,10-5-;/t23-;/m1./s1. The van der Waals surface area contributed by atoms with E-state index in [0.29, 0.717) is 5.56 Å². The number of benzene rings is 3. The van der Waals surface area contributed by atoms with Crippen molar-refractivity contribution in [2.75, 3.05) is 0 Å². The molecule has 0 fully saturated rings. The predicted octanol–water partition coefficient (Wildman–Crippen LogP) is 2.38. The molecular weight excluding hydrogens is 486 g/mol. The molecule has 11 heteroatoms. The van der Waals surface area contributed by atoms with Crippen LogP contribution in [-0.4, -0.2) is 48.7 Å². The number of aromatic hydroxyl groups is 6. The Balaban J connectivity index is 0.00000481. The van der Waals surface area contributed by atoms with Crippen LogP contribution in [0.2, 0.25) is 0 Å². The lowest BCUT2D eigenvalue weighted by Gasteiger charge is -2.18. The predicted molar refractivity (Wildman–Crippen MR) is 132 cm³/mol. The Bertz CT molecular complexity index is 1360. The number of rotatable bonds is 8. The van der Waals surface area contributed by atoms with Crippen molar-refractivity contribution in [2.24, 2.45) is 0 Å². The van der Waals surface area contributed by atoms with E-state index in [1.165, 1.54) is 54.6 Å². The zero-order chi connectivity index (χ0) is 26.4. The van der Waals surface area contributed by atoms with Crippen molar-refractivity contribution < 1.29 is 50.1 Å². The van der Waals surface area contributed by atoms with Gasteiger partial charge in [0, 0.05) is 18.1 Å². The van der Waals surface area contributed by atoms with E-state index in [2.05, 4.69) is 0 Å². The highest BCUT2D eigenvalue weighted by Gasteiger charge is 2.17. The third-order valence-corrected chi connectivity index (χ3v) is 5.05. The van der Waals surface area contributed by atoms with Crippen LogP contribution in [0.4, 0.5) is 0 Å². The smallest absolute Gasteiger partial charge is 0.331 e. The Hall–Kier alpha value is -5.16. The van der Waals surface area contributed by atoms with Crippen LogP contribution in [0.15, 0.2) is 54.6 Å². The highest BCUT2D eigenvalue weighted by molar-refractivity contribution is 5.91. The molecule has 0 spiro atoms. The third-order valence-electron chi connectivity index (χ3n) is 5.05. The molecule has 0 aliphatic carbocycles. The second kappa shape index (κ2) is 12.0. The molecule has 1 atom stereocenters. The first-order valence-electron chi connectivity index (χ1n) is 10.4. The van der Waals surface area contributed by atoms with Gasteiger partial charge in [-0.2, -0.15) is 0 Å². The molecule has 3 rings (SSSR count). The van der Waals surface area contributed by atoms with E-state index in [-0.39, 0.29) is 40.8 Å². The van der Waals surface area contributed by atoms with E-state index < -0.39 is 41.0 Å². The Morgan fingerprint density at radius 2 is 1.41 bits per heavy atom. The van der Waals surface area contributed by atoms with E-state index in [0.717, 1.165) is 18.2 Å². The van der Waals surface area contributed by atoms with Gasteiger partial charge in [0.1, 0.15) is 6.10 Å². The Labute approximate surface area is 210 Å². The molecule has 0 amide bonds. The minimum Gasteiger partial charge on any atom is -0.546 e. The van der Waals surface area contributed by atoms with E-state index in [1.807, 2.05) is 0 Å². The Kier molecular flexibility index (Phi) is 9.11. The molecule has 0 saturated heterocycles. The number of carbonyl (C=O) groups is 2. The van der Waals surface area contributed by atoms with Gasteiger partial charge in [-0.25, -0.2) is 4.79 Å². The average molecular weight is 511 g/mol. The molecule has 0 aliphatic rings. The molecule has 37 heavy (non-hydrogen) atoms. The van der Waals surface area contributed by atoms with E-state index >= 15 is 0 Å². The van der Waals surface area contributed by atoms with Crippen LogP contribution in [0.1, 0.15) is 22.3 Å². The molecule has 11 nitrogen and oxygen atoms in total. The van der Waals surface area contributed by atoms with Gasteiger partial charge in [-0.1, -0.05) is 24.3 Å². The van der Waals surface area contributed by atoms with Crippen molar-refractivity contribution in [3.05, 3.63) is 76.9 Å². The maximum absolute atomic E-state index is 12.3. The summed E-state index contributed by atoms with van der Waals surface area (Å²) in [6.45, 7) is 0. The van der Waals surface area contributed by atoms with E-state index in [9.17, 15) is 45.3 Å². The van der Waals surface area contributed by atoms with Gasteiger partial charge in [-0.05, 0) is 59.2 Å². The lowest BCUT2D eigenvalue weighted by Crippen LogP contribution is -2.40. The highest BCUT2D eigenvalue weighted by Crippen LogP contribution is 2.34. The van der Waals surface area contributed by atoms with Gasteiger partial charge in [0.15, 0.2) is 34.5 Å². The Morgan fingerprint density at radius 1 is 0.784 bits per heavy atom. The summed E-state index contributed by atoms with van der Waals surface area (Å²) in [6.07, 6.45) is 2.99. The minimum absolute atomic E-state index is 0. The molecule has 0 aromatic heterocycles. The fourth-order valence-electron chi connectivity index (χ4n) is 3.18. The van der Waals surface area contributed by atoms with Crippen molar-refractivity contribution in [2.45, 2.75) is 12.5 Å². The molecular formula is C26H25NO10. The fraction of sp³-hybridized carbons (Fsp3) is 0.0769. The summed E-state index contributed by atoms with van der Waals surface area (Å²) in [5.74, 6) is -5.18. The number of quaternary nitrogens is 1. The van der Waals surface area contributed by atoms with Crippen molar-refractivity contribution >= 4 is 30.2 Å². The van der Waals surface area contributed by atoms with Crippen LogP contribution >= 0.6 is 0 Å². The van der Waals surface area contributed by atoms with Crippen LogP contribution in [-0.2, 0) is 20.7 Å². The average Bonchev–Trinajstić information content (AvgIpc) is 2.83. The molecule has 0 heterocycles. The molecule has 0 aliphatic heterocycles. The van der Waals surface area contributed by atoms with Crippen molar-refractivity contribution in [1.29, 1.82) is 0 Å². The summed E-state index contributed by atoms with van der Waals surface area (Å²) < 4.78 is 4.94. The molecule has 0 saturated carbocycles. The number of phenols is 6. The Morgan fingerprint density at radius 3 is 2.03 bits per heavy atom. The quantitative estimate of drug-likeness (QED) is 0.101. The van der Waals surface area contributed by atoms with Crippen LogP contribution in [0.5, 0.6) is 34.5 Å². The zero-order valence-electron chi connectivity index (χ0n) is 19.5. The lowest BCUT2D eigenvalue weighted by molar-refractivity contribution is -0.315. The van der Waals surface area contributed by atoms with Gasteiger partial charge in [0.25, 0.3) is 0 Å². The first-order chi connectivity index (χ1) is 17.0. The minimum atomic E-state index is -1.69. The monoisotopic (exact) mass is 511 g/mol. The lowest BCUT2D eigenvalue weighted by atomic mass is 10.0. The fourth-order valence-corrected chi connectivity index (χ4v) is 3.18. The van der Waals surface area contributed by atoms with Crippen LogP contribution < -0.4 is 11.3 Å². The van der Waals surface area contributed by atoms with Gasteiger partial charge in [-0.3, -0.25) is 0 Å². The maximum atomic E-state index is 12.3. The number of carboxylic acids is 1. The first kappa shape index (κ1) is 28.1. The van der Waals surface area contributed by atoms with Gasteiger partial charge in [0.05, 0.1) is 5.97 Å². The highest BCUT2D eigenvalue weighted by atomic mass is 16.6. The van der Waals surface area contributed by atoms with Crippen LogP contribution in [0.25, 0.3) is 18.2 Å². The third kappa shape index (κ3) is 7.16.